The smallest absolute Gasteiger partial charge is 0.250 e. The largest absolute Gasteiger partial charge is 0.366 e. The maximum atomic E-state index is 13.9. The van der Waals surface area contributed by atoms with Crippen molar-refractivity contribution in [2.75, 3.05) is 18.9 Å². The number of anilines is 1. The van der Waals surface area contributed by atoms with Crippen molar-refractivity contribution < 1.29 is 9.18 Å². The lowest BCUT2D eigenvalue weighted by molar-refractivity contribution is 0.100. The van der Waals surface area contributed by atoms with Gasteiger partial charge in [0.15, 0.2) is 0 Å². The molecule has 1 aromatic heterocycles. The summed E-state index contributed by atoms with van der Waals surface area (Å²) in [5.41, 5.74) is 6.85. The van der Waals surface area contributed by atoms with E-state index in [0.29, 0.717) is 40.2 Å². The van der Waals surface area contributed by atoms with Gasteiger partial charge >= 0.3 is 0 Å². The first kappa shape index (κ1) is 19.0. The molecule has 0 aliphatic heterocycles. The number of hydrogen-bond donors (Lipinski definition) is 3. The summed E-state index contributed by atoms with van der Waals surface area (Å²) in [6.45, 7) is 2.20. The number of carbonyl (C=O) groups is 1. The van der Waals surface area contributed by atoms with Gasteiger partial charge in [0.2, 0.25) is 0 Å². The van der Waals surface area contributed by atoms with Crippen LogP contribution < -0.4 is 16.4 Å². The molecule has 0 aliphatic rings. The number of nitrogens with zero attached hydrogens (tertiary/aromatic N) is 2. The topological polar surface area (TPSA) is 92.9 Å². The highest BCUT2D eigenvalue weighted by molar-refractivity contribution is 6.31. The van der Waals surface area contributed by atoms with Crippen molar-refractivity contribution in [2.24, 2.45) is 5.73 Å². The van der Waals surface area contributed by atoms with E-state index >= 15 is 0 Å². The first-order chi connectivity index (χ1) is 12.9. The molecule has 1 heterocycles. The van der Waals surface area contributed by atoms with Crippen molar-refractivity contribution in [3.63, 3.8) is 0 Å². The van der Waals surface area contributed by atoms with Crippen LogP contribution >= 0.6 is 11.6 Å². The van der Waals surface area contributed by atoms with Gasteiger partial charge in [0.1, 0.15) is 17.5 Å². The lowest BCUT2D eigenvalue weighted by atomic mass is 10.1. The minimum atomic E-state index is -0.565. The van der Waals surface area contributed by atoms with Gasteiger partial charge in [0.25, 0.3) is 5.91 Å². The summed E-state index contributed by atoms with van der Waals surface area (Å²) in [5, 5.41) is 7.06. The number of benzene rings is 2. The molecule has 27 heavy (non-hydrogen) atoms. The third kappa shape index (κ3) is 3.84. The molecular formula is C19H19ClFN5O. The number of likely N-dealkylation sites (N-methyl/N-ethyl adjacent to an activating group) is 1. The first-order valence-electron chi connectivity index (χ1n) is 8.34. The normalized spacial score (nSPS) is 12.1. The number of hydrogen-bond acceptors (Lipinski definition) is 5. The Kier molecular flexibility index (Phi) is 5.53. The summed E-state index contributed by atoms with van der Waals surface area (Å²) in [6, 6.07) is 9.46. The molecule has 1 amide bonds. The van der Waals surface area contributed by atoms with E-state index in [9.17, 15) is 9.18 Å². The minimum Gasteiger partial charge on any atom is -0.366 e. The molecule has 0 saturated heterocycles. The Morgan fingerprint density at radius 1 is 1.26 bits per heavy atom. The number of halogens is 2. The Labute approximate surface area is 161 Å². The fraction of sp³-hybridized carbons (Fsp3) is 0.211. The van der Waals surface area contributed by atoms with Gasteiger partial charge in [-0.05, 0) is 37.7 Å². The second-order valence-corrected chi connectivity index (χ2v) is 6.46. The average Bonchev–Trinajstić information content (AvgIpc) is 2.63. The second kappa shape index (κ2) is 7.85. The van der Waals surface area contributed by atoms with E-state index < -0.39 is 11.7 Å². The lowest BCUT2D eigenvalue weighted by Crippen LogP contribution is -2.25. The van der Waals surface area contributed by atoms with Gasteiger partial charge in [-0.1, -0.05) is 29.8 Å². The third-order valence-corrected chi connectivity index (χ3v) is 4.58. The highest BCUT2D eigenvalue weighted by Crippen LogP contribution is 2.30. The molecule has 0 bridgehead atoms. The minimum absolute atomic E-state index is 0.0539. The second-order valence-electron chi connectivity index (χ2n) is 6.08. The van der Waals surface area contributed by atoms with E-state index in [1.165, 1.54) is 6.07 Å². The van der Waals surface area contributed by atoms with Crippen molar-refractivity contribution >= 4 is 34.2 Å². The van der Waals surface area contributed by atoms with Gasteiger partial charge in [-0.25, -0.2) is 14.4 Å². The molecule has 1 atom stereocenters. The van der Waals surface area contributed by atoms with E-state index in [-0.39, 0.29) is 11.1 Å². The molecule has 0 aliphatic carbocycles. The van der Waals surface area contributed by atoms with E-state index in [2.05, 4.69) is 20.6 Å². The Morgan fingerprint density at radius 3 is 2.70 bits per heavy atom. The zero-order valence-corrected chi connectivity index (χ0v) is 15.6. The van der Waals surface area contributed by atoms with E-state index in [4.69, 9.17) is 17.3 Å². The van der Waals surface area contributed by atoms with Crippen LogP contribution in [0, 0.1) is 12.7 Å². The number of carbonyl (C=O) groups excluding carboxylic acids is 1. The molecule has 4 N–H and O–H groups in total. The molecule has 6 nitrogen and oxygen atoms in total. The van der Waals surface area contributed by atoms with Crippen molar-refractivity contribution in [1.29, 1.82) is 0 Å². The average molecular weight is 388 g/mol. The lowest BCUT2D eigenvalue weighted by Gasteiger charge is -2.22. The molecule has 3 aromatic rings. The van der Waals surface area contributed by atoms with Crippen LogP contribution in [0.3, 0.4) is 0 Å². The van der Waals surface area contributed by atoms with Gasteiger partial charge in [-0.3, -0.25) is 4.79 Å². The number of aryl methyl sites for hydroxylation is 1. The third-order valence-electron chi connectivity index (χ3n) is 4.18. The molecule has 0 radical (unpaired) electrons. The quantitative estimate of drug-likeness (QED) is 0.604. The molecule has 3 rings (SSSR count). The molecule has 0 saturated carbocycles. The monoisotopic (exact) mass is 387 g/mol. The summed E-state index contributed by atoms with van der Waals surface area (Å²) in [7, 11) is 1.79. The van der Waals surface area contributed by atoms with Crippen LogP contribution in [0.5, 0.6) is 0 Å². The number of rotatable bonds is 6. The van der Waals surface area contributed by atoms with E-state index in [1.807, 2.05) is 0 Å². The SMILES string of the molecule is CNCC(Nc1nc(C)nc2c(C(N)=O)cccc12)c1cccc(F)c1Cl. The summed E-state index contributed by atoms with van der Waals surface area (Å²) >= 11 is 6.17. The van der Waals surface area contributed by atoms with Crippen LogP contribution in [0.1, 0.15) is 27.8 Å². The van der Waals surface area contributed by atoms with Crippen molar-refractivity contribution in [3.8, 4) is 0 Å². The summed E-state index contributed by atoms with van der Waals surface area (Å²) in [5.74, 6) is -0.0603. The van der Waals surface area contributed by atoms with Crippen LogP contribution in [0.2, 0.25) is 5.02 Å². The van der Waals surface area contributed by atoms with Crippen LogP contribution in [-0.2, 0) is 0 Å². The van der Waals surface area contributed by atoms with Gasteiger partial charge in [0.05, 0.1) is 22.1 Å². The Hall–Kier alpha value is -2.77. The predicted octanol–water partition coefficient (Wildman–Crippen LogP) is 3.20. The fourth-order valence-electron chi connectivity index (χ4n) is 2.97. The van der Waals surface area contributed by atoms with Gasteiger partial charge < -0.3 is 16.4 Å². The van der Waals surface area contributed by atoms with Gasteiger partial charge in [-0.15, -0.1) is 0 Å². The van der Waals surface area contributed by atoms with Crippen LogP contribution in [0.15, 0.2) is 36.4 Å². The molecule has 0 spiro atoms. The van der Waals surface area contributed by atoms with E-state index in [0.717, 1.165) is 0 Å². The van der Waals surface area contributed by atoms with Crippen molar-refractivity contribution in [1.82, 2.24) is 15.3 Å². The molecule has 1 unspecified atom stereocenters. The molecule has 8 heteroatoms. The zero-order valence-electron chi connectivity index (χ0n) is 14.9. The molecule has 2 aromatic carbocycles. The number of nitrogens with two attached hydrogens (primary N) is 1. The molecular weight excluding hydrogens is 369 g/mol. The summed E-state index contributed by atoms with van der Waals surface area (Å²) in [4.78, 5) is 20.6. The number of amides is 1. The van der Waals surface area contributed by atoms with E-state index in [1.54, 1.807) is 44.3 Å². The summed E-state index contributed by atoms with van der Waals surface area (Å²) in [6.07, 6.45) is 0. The number of nitrogens with one attached hydrogen (secondary N) is 2. The highest BCUT2D eigenvalue weighted by Gasteiger charge is 2.19. The van der Waals surface area contributed by atoms with Gasteiger partial charge in [-0.2, -0.15) is 0 Å². The predicted molar refractivity (Wildman–Crippen MR) is 104 cm³/mol. The number of aromatic nitrogens is 2. The molecule has 0 fully saturated rings. The Bertz CT molecular complexity index is 1010. The Morgan fingerprint density at radius 2 is 2.00 bits per heavy atom. The standard InChI is InChI=1S/C19H19ClFN5O/c1-10-24-17-12(18(22)27)6-3-7-13(17)19(25-10)26-15(9-23-2)11-5-4-8-14(21)16(11)20/h3-8,15,23H,9H2,1-2H3,(H2,22,27)(H,24,25,26). The number of primary amides is 1. The fourth-order valence-corrected chi connectivity index (χ4v) is 3.23. The first-order valence-corrected chi connectivity index (χ1v) is 8.72. The molecule has 140 valence electrons. The zero-order chi connectivity index (χ0) is 19.6. The van der Waals surface area contributed by atoms with Crippen molar-refractivity contribution in [3.05, 3.63) is 64.2 Å². The highest BCUT2D eigenvalue weighted by atomic mass is 35.5. The van der Waals surface area contributed by atoms with Crippen molar-refractivity contribution in [2.45, 2.75) is 13.0 Å². The van der Waals surface area contributed by atoms with Crippen LogP contribution in [0.4, 0.5) is 10.2 Å². The summed E-state index contributed by atoms with van der Waals surface area (Å²) < 4.78 is 13.9. The van der Waals surface area contributed by atoms with Crippen LogP contribution in [-0.4, -0.2) is 29.5 Å². The van der Waals surface area contributed by atoms with Crippen LogP contribution in [0.25, 0.3) is 10.9 Å². The van der Waals surface area contributed by atoms with Gasteiger partial charge in [0, 0.05) is 11.9 Å². The number of fused-ring (bicyclic) bond motifs is 1. The number of para-hydroxylation sites is 1. The maximum Gasteiger partial charge on any atom is 0.250 e. The maximum absolute atomic E-state index is 13.9. The Balaban J connectivity index is 2.12.